The molecular formula is C13H17NO. The van der Waals surface area contributed by atoms with Crippen LogP contribution in [0.15, 0.2) is 18.2 Å². The summed E-state index contributed by atoms with van der Waals surface area (Å²) in [6, 6.07) is 5.73. The summed E-state index contributed by atoms with van der Waals surface area (Å²) in [4.78, 5) is 3.55. The van der Waals surface area contributed by atoms with E-state index in [4.69, 9.17) is 11.3 Å². The van der Waals surface area contributed by atoms with Gasteiger partial charge in [-0.2, -0.15) is 0 Å². The van der Waals surface area contributed by atoms with E-state index in [1.165, 1.54) is 0 Å². The van der Waals surface area contributed by atoms with E-state index >= 15 is 0 Å². The van der Waals surface area contributed by atoms with Gasteiger partial charge in [-0.15, -0.1) is 0 Å². The molecular weight excluding hydrogens is 186 g/mol. The van der Waals surface area contributed by atoms with Crippen molar-refractivity contribution in [3.05, 3.63) is 35.2 Å². The smallest absolute Gasteiger partial charge is 0.194 e. The van der Waals surface area contributed by atoms with Crippen molar-refractivity contribution in [2.24, 2.45) is 0 Å². The van der Waals surface area contributed by atoms with Crippen LogP contribution < -0.4 is 4.74 Å². The molecule has 0 heterocycles. The van der Waals surface area contributed by atoms with Crippen LogP contribution in [0.4, 0.5) is 5.69 Å². The fourth-order valence-corrected chi connectivity index (χ4v) is 1.49. The van der Waals surface area contributed by atoms with Crippen molar-refractivity contribution >= 4 is 5.69 Å². The third kappa shape index (κ3) is 2.73. The quantitative estimate of drug-likeness (QED) is 0.664. The van der Waals surface area contributed by atoms with Crippen LogP contribution in [0, 0.1) is 6.57 Å². The van der Waals surface area contributed by atoms with Gasteiger partial charge in [-0.25, -0.2) is 4.85 Å². The monoisotopic (exact) mass is 203 g/mol. The Kier molecular flexibility index (Phi) is 3.36. The van der Waals surface area contributed by atoms with Crippen LogP contribution >= 0.6 is 0 Å². The van der Waals surface area contributed by atoms with Gasteiger partial charge in [0.15, 0.2) is 5.69 Å². The van der Waals surface area contributed by atoms with Crippen LogP contribution in [0.25, 0.3) is 4.85 Å². The number of ether oxygens (including phenoxy) is 1. The average molecular weight is 203 g/mol. The molecule has 0 atom stereocenters. The molecule has 2 nitrogen and oxygen atoms in total. The van der Waals surface area contributed by atoms with Gasteiger partial charge in [0.1, 0.15) is 5.75 Å². The molecule has 0 bridgehead atoms. The summed E-state index contributed by atoms with van der Waals surface area (Å²) < 4.78 is 5.37. The van der Waals surface area contributed by atoms with Gasteiger partial charge >= 0.3 is 0 Å². The number of hydrogen-bond acceptors (Lipinski definition) is 1. The summed E-state index contributed by atoms with van der Waals surface area (Å²) in [5.41, 5.74) is 1.76. The predicted octanol–water partition coefficient (Wildman–Crippen LogP) is 3.93. The van der Waals surface area contributed by atoms with Crippen LogP contribution in [0.5, 0.6) is 5.75 Å². The lowest BCUT2D eigenvalue weighted by molar-refractivity contribution is 0.340. The maximum atomic E-state index is 7.16. The fraction of sp³-hybridized carbons (Fsp3) is 0.462. The van der Waals surface area contributed by atoms with Crippen molar-refractivity contribution in [2.75, 3.05) is 6.61 Å². The van der Waals surface area contributed by atoms with E-state index in [0.29, 0.717) is 12.3 Å². The zero-order valence-electron chi connectivity index (χ0n) is 9.79. The average Bonchev–Trinajstić information content (AvgIpc) is 2.16. The Balaban J connectivity index is 3.17. The summed E-state index contributed by atoms with van der Waals surface area (Å²) in [5, 5.41) is 0. The second-order valence-corrected chi connectivity index (χ2v) is 4.47. The molecule has 0 spiro atoms. The third-order valence-corrected chi connectivity index (χ3v) is 2.21. The minimum atomic E-state index is 0.00459. The van der Waals surface area contributed by atoms with Crippen molar-refractivity contribution in [3.8, 4) is 5.75 Å². The molecule has 15 heavy (non-hydrogen) atoms. The molecule has 80 valence electrons. The SMILES string of the molecule is [C-]#[N+]c1cc(OCC)ccc1C(C)(C)C. The van der Waals surface area contributed by atoms with Gasteiger partial charge in [-0.05, 0) is 30.0 Å². The zero-order chi connectivity index (χ0) is 11.5. The van der Waals surface area contributed by atoms with Crippen LogP contribution in [0.2, 0.25) is 0 Å². The van der Waals surface area contributed by atoms with Crippen molar-refractivity contribution in [3.63, 3.8) is 0 Å². The second-order valence-electron chi connectivity index (χ2n) is 4.47. The molecule has 1 rings (SSSR count). The Morgan fingerprint density at radius 1 is 1.33 bits per heavy atom. The second kappa shape index (κ2) is 4.35. The Morgan fingerprint density at radius 2 is 2.00 bits per heavy atom. The predicted molar refractivity (Wildman–Crippen MR) is 62.6 cm³/mol. The highest BCUT2D eigenvalue weighted by atomic mass is 16.5. The van der Waals surface area contributed by atoms with Gasteiger partial charge in [0.2, 0.25) is 0 Å². The maximum Gasteiger partial charge on any atom is 0.194 e. The highest BCUT2D eigenvalue weighted by Gasteiger charge is 2.18. The third-order valence-electron chi connectivity index (χ3n) is 2.21. The molecule has 0 fully saturated rings. The zero-order valence-corrected chi connectivity index (χ0v) is 9.79. The summed E-state index contributed by atoms with van der Waals surface area (Å²) in [7, 11) is 0. The van der Waals surface area contributed by atoms with Crippen molar-refractivity contribution in [2.45, 2.75) is 33.1 Å². The minimum absolute atomic E-state index is 0.00459. The molecule has 0 unspecified atom stereocenters. The standard InChI is InChI=1S/C13H17NO/c1-6-15-10-7-8-11(13(2,3)4)12(9-10)14-5/h7-9H,6H2,1-4H3. The van der Waals surface area contributed by atoms with Gasteiger partial charge in [0.25, 0.3) is 0 Å². The van der Waals surface area contributed by atoms with Crippen molar-refractivity contribution in [1.29, 1.82) is 0 Å². The lowest BCUT2D eigenvalue weighted by Crippen LogP contribution is -2.11. The largest absolute Gasteiger partial charge is 0.495 e. The first kappa shape index (κ1) is 11.6. The van der Waals surface area contributed by atoms with Gasteiger partial charge in [-0.3, -0.25) is 0 Å². The van der Waals surface area contributed by atoms with E-state index in [9.17, 15) is 0 Å². The molecule has 0 amide bonds. The Bertz CT molecular complexity index is 383. The summed E-state index contributed by atoms with van der Waals surface area (Å²) in [6.07, 6.45) is 0. The molecule has 0 aliphatic heterocycles. The highest BCUT2D eigenvalue weighted by Crippen LogP contribution is 2.34. The summed E-state index contributed by atoms with van der Waals surface area (Å²) in [6.45, 7) is 16.1. The highest BCUT2D eigenvalue weighted by molar-refractivity contribution is 5.58. The molecule has 0 radical (unpaired) electrons. The molecule has 0 N–H and O–H groups in total. The van der Waals surface area contributed by atoms with Crippen LogP contribution in [-0.2, 0) is 5.41 Å². The Labute approximate surface area is 91.7 Å². The number of benzene rings is 1. The van der Waals surface area contributed by atoms with Gasteiger partial charge in [0, 0.05) is 0 Å². The first-order chi connectivity index (χ1) is 6.99. The molecule has 0 aliphatic rings. The molecule has 0 saturated carbocycles. The van der Waals surface area contributed by atoms with Crippen LogP contribution in [0.3, 0.4) is 0 Å². The van der Waals surface area contributed by atoms with Crippen LogP contribution in [-0.4, -0.2) is 6.61 Å². The van der Waals surface area contributed by atoms with E-state index in [1.807, 2.05) is 25.1 Å². The summed E-state index contributed by atoms with van der Waals surface area (Å²) in [5.74, 6) is 0.775. The van der Waals surface area contributed by atoms with Gasteiger partial charge in [-0.1, -0.05) is 26.8 Å². The lowest BCUT2D eigenvalue weighted by Gasteiger charge is -2.21. The first-order valence-corrected chi connectivity index (χ1v) is 5.14. The summed E-state index contributed by atoms with van der Waals surface area (Å²) >= 11 is 0. The number of hydrogen-bond donors (Lipinski definition) is 0. The fourth-order valence-electron chi connectivity index (χ4n) is 1.49. The molecule has 0 saturated heterocycles. The van der Waals surface area contributed by atoms with E-state index < -0.39 is 0 Å². The number of rotatable bonds is 2. The molecule has 1 aromatic rings. The lowest BCUT2D eigenvalue weighted by atomic mass is 9.86. The molecule has 1 aromatic carbocycles. The van der Waals surface area contributed by atoms with E-state index in [0.717, 1.165) is 11.3 Å². The van der Waals surface area contributed by atoms with Gasteiger partial charge < -0.3 is 4.74 Å². The van der Waals surface area contributed by atoms with Crippen LogP contribution in [0.1, 0.15) is 33.3 Å². The maximum absolute atomic E-state index is 7.16. The minimum Gasteiger partial charge on any atom is -0.495 e. The Hall–Kier alpha value is -1.49. The molecule has 0 aromatic heterocycles. The normalized spacial score (nSPS) is 10.9. The van der Waals surface area contributed by atoms with E-state index in [1.54, 1.807) is 0 Å². The van der Waals surface area contributed by atoms with Gasteiger partial charge in [0.05, 0.1) is 13.2 Å². The Morgan fingerprint density at radius 3 is 2.47 bits per heavy atom. The van der Waals surface area contributed by atoms with Crippen molar-refractivity contribution < 1.29 is 4.74 Å². The van der Waals surface area contributed by atoms with Crippen molar-refractivity contribution in [1.82, 2.24) is 0 Å². The molecule has 2 heteroatoms. The van der Waals surface area contributed by atoms with E-state index in [2.05, 4.69) is 25.6 Å². The molecule has 0 aliphatic carbocycles. The van der Waals surface area contributed by atoms with E-state index in [-0.39, 0.29) is 5.41 Å². The number of nitrogens with zero attached hydrogens (tertiary/aromatic N) is 1. The first-order valence-electron chi connectivity index (χ1n) is 5.14. The topological polar surface area (TPSA) is 13.6 Å².